The lowest BCUT2D eigenvalue weighted by Gasteiger charge is -2.30. The third-order valence-corrected chi connectivity index (χ3v) is 7.16. The Hall–Kier alpha value is -1.41. The number of hydrogen-bond donors (Lipinski definition) is 2. The van der Waals surface area contributed by atoms with Crippen LogP contribution in [-0.4, -0.2) is 42.3 Å². The van der Waals surface area contributed by atoms with E-state index in [4.69, 9.17) is 21.4 Å². The van der Waals surface area contributed by atoms with Gasteiger partial charge in [0, 0.05) is 46.4 Å². The van der Waals surface area contributed by atoms with E-state index in [0.29, 0.717) is 25.7 Å². The van der Waals surface area contributed by atoms with E-state index in [2.05, 4.69) is 33.4 Å². The second-order valence-electron chi connectivity index (χ2n) is 6.90. The highest BCUT2D eigenvalue weighted by atomic mass is 79.9. The number of carbonyl (C=O) groups is 1. The number of thioether (sulfide) groups is 1. The van der Waals surface area contributed by atoms with Gasteiger partial charge in [0.2, 0.25) is 0 Å². The summed E-state index contributed by atoms with van der Waals surface area (Å²) in [5.41, 5.74) is 2.25. The molecule has 2 aromatic rings. The zero-order chi connectivity index (χ0) is 20.8. The van der Waals surface area contributed by atoms with E-state index in [-0.39, 0.29) is 0 Å². The number of benzene rings is 2. The Labute approximate surface area is 188 Å². The molecule has 0 aliphatic carbocycles. The summed E-state index contributed by atoms with van der Waals surface area (Å²) in [5, 5.41) is 13.4. The second-order valence-corrected chi connectivity index (χ2v) is 9.21. The van der Waals surface area contributed by atoms with Gasteiger partial charge in [0.1, 0.15) is 5.75 Å². The summed E-state index contributed by atoms with van der Waals surface area (Å²) in [6.07, 6.45) is 0.815. The molecule has 2 aromatic carbocycles. The number of halogens is 2. The van der Waals surface area contributed by atoms with Gasteiger partial charge >= 0.3 is 6.09 Å². The number of rotatable bonds is 7. The number of likely N-dealkylation sites (tertiary alicyclic amines) is 1. The summed E-state index contributed by atoms with van der Waals surface area (Å²) in [5.74, 6) is 1.61. The summed E-state index contributed by atoms with van der Waals surface area (Å²) in [6.45, 7) is 1.86. The predicted octanol–water partition coefficient (Wildman–Crippen LogP) is 5.64. The van der Waals surface area contributed by atoms with E-state index in [0.717, 1.165) is 49.9 Å². The second kappa shape index (κ2) is 10.6. The monoisotopic (exact) mass is 498 g/mol. The van der Waals surface area contributed by atoms with E-state index < -0.39 is 6.09 Å². The quantitative estimate of drug-likeness (QED) is 0.483. The minimum absolute atomic E-state index is 0.313. The van der Waals surface area contributed by atoms with Gasteiger partial charge in [-0.25, -0.2) is 4.79 Å². The fourth-order valence-corrected chi connectivity index (χ4v) is 5.22. The summed E-state index contributed by atoms with van der Waals surface area (Å²) >= 11 is 11.7. The van der Waals surface area contributed by atoms with E-state index in [1.54, 1.807) is 18.9 Å². The highest BCUT2D eigenvalue weighted by Gasteiger charge is 2.22. The number of nitrogens with zero attached hydrogens (tertiary/aromatic N) is 1. The van der Waals surface area contributed by atoms with Crippen molar-refractivity contribution in [3.8, 4) is 5.75 Å². The van der Waals surface area contributed by atoms with Crippen molar-refractivity contribution in [1.29, 1.82) is 0 Å². The first-order chi connectivity index (χ1) is 14.0. The molecule has 1 heterocycles. The van der Waals surface area contributed by atoms with Crippen LogP contribution in [0.25, 0.3) is 0 Å². The van der Waals surface area contributed by atoms with Crippen LogP contribution >= 0.6 is 39.3 Å². The minimum Gasteiger partial charge on any atom is -0.496 e. The molecule has 0 atom stereocenters. The number of methoxy groups -OCH3 is 1. The fourth-order valence-electron chi connectivity index (χ4n) is 3.39. The van der Waals surface area contributed by atoms with E-state index in [1.807, 2.05) is 24.3 Å². The maximum absolute atomic E-state index is 11.1. The van der Waals surface area contributed by atoms with Gasteiger partial charge in [-0.05, 0) is 42.7 Å². The van der Waals surface area contributed by atoms with Crippen molar-refractivity contribution in [2.24, 2.45) is 0 Å². The normalized spacial score (nSPS) is 14.8. The molecule has 0 saturated carbocycles. The summed E-state index contributed by atoms with van der Waals surface area (Å²) in [6, 6.07) is 12.3. The van der Waals surface area contributed by atoms with Crippen LogP contribution in [-0.2, 0) is 12.3 Å². The fraction of sp³-hybridized carbons (Fsp3) is 0.381. The van der Waals surface area contributed by atoms with E-state index in [9.17, 15) is 4.79 Å². The topological polar surface area (TPSA) is 61.8 Å². The molecule has 1 aliphatic rings. The van der Waals surface area contributed by atoms with Crippen molar-refractivity contribution < 1.29 is 14.6 Å². The van der Waals surface area contributed by atoms with Crippen LogP contribution < -0.4 is 10.1 Å². The van der Waals surface area contributed by atoms with Gasteiger partial charge in [-0.15, -0.1) is 11.8 Å². The van der Waals surface area contributed by atoms with Gasteiger partial charge in [-0.3, -0.25) is 0 Å². The average molecular weight is 500 g/mol. The third-order valence-electron chi connectivity index (χ3n) is 5.01. The number of carboxylic acid groups (broad SMARTS) is 1. The molecule has 2 N–H and O–H groups in total. The number of ether oxygens (including phenoxy) is 1. The molecule has 156 valence electrons. The Morgan fingerprint density at radius 1 is 1.31 bits per heavy atom. The number of piperidine rings is 1. The molecule has 1 fully saturated rings. The highest BCUT2D eigenvalue weighted by Crippen LogP contribution is 2.36. The number of hydrogen-bond acceptors (Lipinski definition) is 4. The van der Waals surface area contributed by atoms with Gasteiger partial charge in [-0.1, -0.05) is 39.7 Å². The molecule has 0 aromatic heterocycles. The molecule has 29 heavy (non-hydrogen) atoms. The summed E-state index contributed by atoms with van der Waals surface area (Å²) in [4.78, 5) is 13.6. The number of amides is 1. The Bertz CT molecular complexity index is 860. The van der Waals surface area contributed by atoms with Gasteiger partial charge < -0.3 is 20.1 Å². The van der Waals surface area contributed by atoms with Crippen LogP contribution in [0.5, 0.6) is 5.75 Å². The SMILES string of the molecule is COc1ccc(Br)cc1CSc1c(Cl)cccc1CNC1CCN(C(=O)O)CC1. The molecule has 1 saturated heterocycles. The Morgan fingerprint density at radius 3 is 2.76 bits per heavy atom. The zero-order valence-corrected chi connectivity index (χ0v) is 19.3. The summed E-state index contributed by atoms with van der Waals surface area (Å²) in [7, 11) is 1.68. The molecule has 5 nitrogen and oxygen atoms in total. The minimum atomic E-state index is -0.833. The van der Waals surface area contributed by atoms with Crippen molar-refractivity contribution in [1.82, 2.24) is 10.2 Å². The Balaban J connectivity index is 1.64. The number of nitrogens with one attached hydrogen (secondary N) is 1. The molecule has 0 spiro atoms. The maximum atomic E-state index is 11.1. The standard InChI is InChI=1S/C21H24BrClN2O3S/c1-28-19-6-5-16(22)11-15(19)13-29-20-14(3-2-4-18(20)23)12-24-17-7-9-25(10-8-17)21(26)27/h2-6,11,17,24H,7-10,12-13H2,1H3,(H,26,27). The van der Waals surface area contributed by atoms with Crippen molar-refractivity contribution in [3.05, 3.63) is 57.0 Å². The lowest BCUT2D eigenvalue weighted by molar-refractivity contribution is 0.129. The van der Waals surface area contributed by atoms with Crippen LogP contribution in [0.1, 0.15) is 24.0 Å². The van der Waals surface area contributed by atoms with Crippen LogP contribution in [0.2, 0.25) is 5.02 Å². The zero-order valence-electron chi connectivity index (χ0n) is 16.2. The predicted molar refractivity (Wildman–Crippen MR) is 121 cm³/mol. The molecule has 8 heteroatoms. The molecular formula is C21H24BrClN2O3S. The first kappa shape index (κ1) is 22.3. The molecule has 0 radical (unpaired) electrons. The van der Waals surface area contributed by atoms with Crippen molar-refractivity contribution in [2.75, 3.05) is 20.2 Å². The largest absolute Gasteiger partial charge is 0.496 e. The lowest BCUT2D eigenvalue weighted by Crippen LogP contribution is -2.44. The molecule has 0 bridgehead atoms. The van der Waals surface area contributed by atoms with Gasteiger partial charge in [0.15, 0.2) is 0 Å². The average Bonchev–Trinajstić information content (AvgIpc) is 2.72. The highest BCUT2D eigenvalue weighted by molar-refractivity contribution is 9.10. The van der Waals surface area contributed by atoms with Crippen LogP contribution in [0.15, 0.2) is 45.8 Å². The van der Waals surface area contributed by atoms with Crippen molar-refractivity contribution in [3.63, 3.8) is 0 Å². The van der Waals surface area contributed by atoms with Crippen LogP contribution in [0.4, 0.5) is 4.79 Å². The van der Waals surface area contributed by atoms with E-state index >= 15 is 0 Å². The molecule has 1 aliphatic heterocycles. The van der Waals surface area contributed by atoms with Crippen molar-refractivity contribution >= 4 is 45.4 Å². The van der Waals surface area contributed by atoms with E-state index in [1.165, 1.54) is 4.90 Å². The first-order valence-corrected chi connectivity index (χ1v) is 11.6. The maximum Gasteiger partial charge on any atom is 0.407 e. The molecular weight excluding hydrogens is 476 g/mol. The molecule has 1 amide bonds. The van der Waals surface area contributed by atoms with Crippen molar-refractivity contribution in [2.45, 2.75) is 36.1 Å². The Kier molecular flexibility index (Phi) is 8.12. The lowest BCUT2D eigenvalue weighted by atomic mass is 10.0. The van der Waals surface area contributed by atoms with Crippen LogP contribution in [0, 0.1) is 0 Å². The van der Waals surface area contributed by atoms with Gasteiger partial charge in [0.05, 0.1) is 12.1 Å². The third kappa shape index (κ3) is 6.04. The van der Waals surface area contributed by atoms with Gasteiger partial charge in [0.25, 0.3) is 0 Å². The first-order valence-electron chi connectivity index (χ1n) is 9.41. The Morgan fingerprint density at radius 2 is 2.07 bits per heavy atom. The van der Waals surface area contributed by atoms with Gasteiger partial charge in [-0.2, -0.15) is 0 Å². The molecule has 3 rings (SSSR count). The van der Waals surface area contributed by atoms with Crippen LogP contribution in [0.3, 0.4) is 0 Å². The molecule has 0 unspecified atom stereocenters. The summed E-state index contributed by atoms with van der Waals surface area (Å²) < 4.78 is 6.49. The smallest absolute Gasteiger partial charge is 0.407 e.